The maximum atomic E-state index is 6.04. The summed E-state index contributed by atoms with van der Waals surface area (Å²) < 4.78 is 0. The molecule has 90 valence electrons. The molecule has 3 nitrogen and oxygen atoms in total. The molecule has 0 spiro atoms. The molecule has 0 saturated heterocycles. The fourth-order valence-electron chi connectivity index (χ4n) is 2.74. The van der Waals surface area contributed by atoms with E-state index in [0.29, 0.717) is 11.7 Å². The summed E-state index contributed by atoms with van der Waals surface area (Å²) in [7, 11) is 0. The van der Waals surface area contributed by atoms with Gasteiger partial charge in [0.05, 0.1) is 5.69 Å². The zero-order chi connectivity index (χ0) is 12.1. The molecule has 0 fully saturated rings. The van der Waals surface area contributed by atoms with Gasteiger partial charge in [0.1, 0.15) is 11.6 Å². The summed E-state index contributed by atoms with van der Waals surface area (Å²) in [4.78, 5) is 9.24. The molecule has 0 radical (unpaired) electrons. The standard InChI is InChI=1S/C14H13N3S/c15-13-11-6-18-7-12(11)16-14(17-13)10-5-8-3-1-2-4-9(8)10/h1-4,10H,5-7H2,(H2,15,16,17). The van der Waals surface area contributed by atoms with Crippen molar-refractivity contribution in [1.29, 1.82) is 0 Å². The number of anilines is 1. The highest BCUT2D eigenvalue weighted by molar-refractivity contribution is 7.98. The number of hydrogen-bond acceptors (Lipinski definition) is 4. The molecule has 1 aromatic heterocycles. The molecule has 1 unspecified atom stereocenters. The Morgan fingerprint density at radius 3 is 2.94 bits per heavy atom. The fraction of sp³-hybridized carbons (Fsp3) is 0.286. The van der Waals surface area contributed by atoms with Crippen molar-refractivity contribution in [3.63, 3.8) is 0 Å². The van der Waals surface area contributed by atoms with Crippen molar-refractivity contribution < 1.29 is 0 Å². The predicted molar refractivity (Wildman–Crippen MR) is 73.4 cm³/mol. The summed E-state index contributed by atoms with van der Waals surface area (Å²) >= 11 is 1.87. The van der Waals surface area contributed by atoms with Crippen molar-refractivity contribution >= 4 is 17.6 Å². The van der Waals surface area contributed by atoms with Gasteiger partial charge < -0.3 is 5.73 Å². The maximum absolute atomic E-state index is 6.04. The van der Waals surface area contributed by atoms with Gasteiger partial charge in [-0.15, -0.1) is 0 Å². The highest BCUT2D eigenvalue weighted by Gasteiger charge is 2.31. The topological polar surface area (TPSA) is 51.8 Å². The number of thioether (sulfide) groups is 1. The monoisotopic (exact) mass is 255 g/mol. The van der Waals surface area contributed by atoms with Crippen LogP contribution in [0.4, 0.5) is 5.82 Å². The van der Waals surface area contributed by atoms with Crippen molar-refractivity contribution in [3.05, 3.63) is 52.5 Å². The van der Waals surface area contributed by atoms with Gasteiger partial charge in [0.15, 0.2) is 0 Å². The van der Waals surface area contributed by atoms with E-state index in [1.807, 2.05) is 11.8 Å². The van der Waals surface area contributed by atoms with Crippen molar-refractivity contribution in [1.82, 2.24) is 9.97 Å². The summed E-state index contributed by atoms with van der Waals surface area (Å²) in [6, 6.07) is 8.52. The second-order valence-corrected chi connectivity index (χ2v) is 5.83. The molecule has 2 aliphatic rings. The third kappa shape index (κ3) is 1.38. The van der Waals surface area contributed by atoms with Crippen molar-refractivity contribution in [2.24, 2.45) is 0 Å². The van der Waals surface area contributed by atoms with E-state index in [1.165, 1.54) is 11.1 Å². The molecule has 1 aliphatic heterocycles. The lowest BCUT2D eigenvalue weighted by atomic mass is 9.77. The van der Waals surface area contributed by atoms with E-state index in [4.69, 9.17) is 10.7 Å². The highest BCUT2D eigenvalue weighted by atomic mass is 32.2. The Balaban J connectivity index is 1.78. The number of benzene rings is 1. The van der Waals surface area contributed by atoms with Gasteiger partial charge in [-0.3, -0.25) is 0 Å². The number of nitrogens with zero attached hydrogens (tertiary/aromatic N) is 2. The molecule has 0 bridgehead atoms. The summed E-state index contributed by atoms with van der Waals surface area (Å²) in [5, 5.41) is 0. The van der Waals surface area contributed by atoms with Gasteiger partial charge in [0.2, 0.25) is 0 Å². The molecule has 1 aliphatic carbocycles. The minimum absolute atomic E-state index is 0.347. The van der Waals surface area contributed by atoms with E-state index in [9.17, 15) is 0 Å². The zero-order valence-corrected chi connectivity index (χ0v) is 10.7. The van der Waals surface area contributed by atoms with Crippen LogP contribution in [0.25, 0.3) is 0 Å². The van der Waals surface area contributed by atoms with Gasteiger partial charge >= 0.3 is 0 Å². The van der Waals surface area contributed by atoms with E-state index in [0.717, 1.165) is 35.0 Å². The van der Waals surface area contributed by atoms with Crippen LogP contribution in [-0.4, -0.2) is 9.97 Å². The lowest BCUT2D eigenvalue weighted by molar-refractivity contribution is 0.656. The maximum Gasteiger partial charge on any atom is 0.138 e. The van der Waals surface area contributed by atoms with E-state index < -0.39 is 0 Å². The van der Waals surface area contributed by atoms with Crippen molar-refractivity contribution in [3.8, 4) is 0 Å². The number of aromatic nitrogens is 2. The Morgan fingerprint density at radius 1 is 1.17 bits per heavy atom. The lowest BCUT2D eigenvalue weighted by Gasteiger charge is -2.29. The van der Waals surface area contributed by atoms with Gasteiger partial charge in [-0.05, 0) is 17.5 Å². The van der Waals surface area contributed by atoms with Crippen LogP contribution in [0.1, 0.15) is 34.1 Å². The first-order valence-corrected chi connectivity index (χ1v) is 7.29. The molecular formula is C14H13N3S. The molecule has 2 aromatic rings. The molecule has 4 heteroatoms. The summed E-state index contributed by atoms with van der Waals surface area (Å²) in [6.07, 6.45) is 1.04. The first-order chi connectivity index (χ1) is 8.83. The smallest absolute Gasteiger partial charge is 0.138 e. The number of nitrogens with two attached hydrogens (primary N) is 1. The Labute approximate surface area is 110 Å². The Hall–Kier alpha value is -1.55. The third-order valence-electron chi connectivity index (χ3n) is 3.79. The van der Waals surface area contributed by atoms with Crippen molar-refractivity contribution in [2.45, 2.75) is 23.8 Å². The molecule has 2 heterocycles. The molecule has 0 saturated carbocycles. The van der Waals surface area contributed by atoms with Crippen molar-refractivity contribution in [2.75, 3.05) is 5.73 Å². The highest BCUT2D eigenvalue weighted by Crippen LogP contribution is 2.40. The zero-order valence-electron chi connectivity index (χ0n) is 9.89. The Bertz CT molecular complexity index is 639. The van der Waals surface area contributed by atoms with Gasteiger partial charge in [-0.2, -0.15) is 11.8 Å². The van der Waals surface area contributed by atoms with E-state index in [2.05, 4.69) is 29.2 Å². The Kier molecular flexibility index (Phi) is 2.14. The molecule has 0 amide bonds. The van der Waals surface area contributed by atoms with Gasteiger partial charge in [-0.1, -0.05) is 24.3 Å². The average molecular weight is 255 g/mol. The van der Waals surface area contributed by atoms with Gasteiger partial charge in [0.25, 0.3) is 0 Å². The van der Waals surface area contributed by atoms with Crippen LogP contribution in [0.5, 0.6) is 0 Å². The molecule has 2 N–H and O–H groups in total. The van der Waals surface area contributed by atoms with E-state index in [-0.39, 0.29) is 0 Å². The fourth-order valence-corrected chi connectivity index (χ4v) is 3.79. The van der Waals surface area contributed by atoms with E-state index >= 15 is 0 Å². The minimum atomic E-state index is 0.347. The van der Waals surface area contributed by atoms with Gasteiger partial charge in [-0.25, -0.2) is 9.97 Å². The van der Waals surface area contributed by atoms with Crippen LogP contribution in [-0.2, 0) is 17.9 Å². The van der Waals surface area contributed by atoms with Crippen LogP contribution in [0, 0.1) is 0 Å². The number of hydrogen-bond donors (Lipinski definition) is 1. The number of fused-ring (bicyclic) bond motifs is 2. The molecule has 4 rings (SSSR count). The van der Waals surface area contributed by atoms with Gasteiger partial charge in [0, 0.05) is 23.0 Å². The van der Waals surface area contributed by atoms with Crippen LogP contribution in [0.3, 0.4) is 0 Å². The Morgan fingerprint density at radius 2 is 2.06 bits per heavy atom. The van der Waals surface area contributed by atoms with Crippen LogP contribution >= 0.6 is 11.8 Å². The molecular weight excluding hydrogens is 242 g/mol. The average Bonchev–Trinajstić information content (AvgIpc) is 2.79. The summed E-state index contributed by atoms with van der Waals surface area (Å²) in [5.74, 6) is 3.88. The summed E-state index contributed by atoms with van der Waals surface area (Å²) in [6.45, 7) is 0. The SMILES string of the molecule is Nc1nc(C2Cc3ccccc32)nc2c1CSC2. The largest absolute Gasteiger partial charge is 0.383 e. The normalized spacial score (nSPS) is 20.1. The molecule has 18 heavy (non-hydrogen) atoms. The quantitative estimate of drug-likeness (QED) is 0.850. The first kappa shape index (κ1) is 10.4. The second kappa shape index (κ2) is 3.72. The van der Waals surface area contributed by atoms with Crippen LogP contribution in [0.15, 0.2) is 24.3 Å². The number of nitrogen functional groups attached to an aromatic ring is 1. The predicted octanol–water partition coefficient (Wildman–Crippen LogP) is 2.49. The van der Waals surface area contributed by atoms with Crippen LogP contribution < -0.4 is 5.73 Å². The number of rotatable bonds is 1. The third-order valence-corrected chi connectivity index (χ3v) is 4.76. The van der Waals surface area contributed by atoms with E-state index in [1.54, 1.807) is 0 Å². The molecule has 1 atom stereocenters. The van der Waals surface area contributed by atoms with Crippen LogP contribution in [0.2, 0.25) is 0 Å². The molecule has 1 aromatic carbocycles. The minimum Gasteiger partial charge on any atom is -0.383 e. The first-order valence-electron chi connectivity index (χ1n) is 6.13. The second-order valence-electron chi connectivity index (χ2n) is 4.84. The summed E-state index contributed by atoms with van der Waals surface area (Å²) in [5.41, 5.74) is 11.1. The lowest BCUT2D eigenvalue weighted by Crippen LogP contribution is -2.21.